The number of benzene rings is 1. The summed E-state index contributed by atoms with van der Waals surface area (Å²) in [5.41, 5.74) is 2.43. The van der Waals surface area contributed by atoms with Gasteiger partial charge in [0.2, 0.25) is 11.8 Å². The summed E-state index contributed by atoms with van der Waals surface area (Å²) in [5.74, 6) is 0.620. The Balaban J connectivity index is 1.33. The second-order valence-corrected chi connectivity index (χ2v) is 6.67. The van der Waals surface area contributed by atoms with Crippen molar-refractivity contribution >= 4 is 22.9 Å². The molecule has 2 heterocycles. The maximum atomic E-state index is 12.5. The van der Waals surface area contributed by atoms with Crippen LogP contribution in [0.5, 0.6) is 0 Å². The molecule has 126 valence electrons. The van der Waals surface area contributed by atoms with E-state index in [-0.39, 0.29) is 17.7 Å². The lowest BCUT2D eigenvalue weighted by Gasteiger charge is -2.38. The first-order valence-corrected chi connectivity index (χ1v) is 8.59. The highest BCUT2D eigenvalue weighted by molar-refractivity contribution is 5.82. The first-order valence-electron chi connectivity index (χ1n) is 8.59. The van der Waals surface area contributed by atoms with Gasteiger partial charge in [-0.2, -0.15) is 0 Å². The van der Waals surface area contributed by atoms with Crippen molar-refractivity contribution in [1.29, 1.82) is 0 Å². The molecule has 24 heavy (non-hydrogen) atoms. The van der Waals surface area contributed by atoms with Crippen LogP contribution < -0.4 is 0 Å². The number of carbonyl (C=O) groups excluding carboxylic acids is 2. The molecule has 2 aromatic rings. The Morgan fingerprint density at radius 3 is 2.58 bits per heavy atom. The van der Waals surface area contributed by atoms with Gasteiger partial charge in [-0.25, -0.2) is 4.98 Å². The molecule has 1 saturated heterocycles. The zero-order valence-electron chi connectivity index (χ0n) is 13.6. The molecule has 0 spiro atoms. The average molecular weight is 327 g/mol. The van der Waals surface area contributed by atoms with E-state index < -0.39 is 0 Å². The van der Waals surface area contributed by atoms with E-state index in [2.05, 4.69) is 4.98 Å². The molecule has 1 aliphatic heterocycles. The fourth-order valence-corrected chi connectivity index (χ4v) is 3.39. The third-order valence-corrected chi connectivity index (χ3v) is 5.15. The Hall–Kier alpha value is -2.37. The highest BCUT2D eigenvalue weighted by Crippen LogP contribution is 2.28. The second-order valence-electron chi connectivity index (χ2n) is 6.67. The van der Waals surface area contributed by atoms with Crippen molar-refractivity contribution in [2.24, 2.45) is 5.92 Å². The molecule has 1 aliphatic carbocycles. The van der Waals surface area contributed by atoms with E-state index in [0.717, 1.165) is 23.9 Å². The van der Waals surface area contributed by atoms with E-state index in [1.807, 2.05) is 28.0 Å². The van der Waals surface area contributed by atoms with E-state index in [4.69, 9.17) is 4.42 Å². The fourth-order valence-electron chi connectivity index (χ4n) is 3.39. The van der Waals surface area contributed by atoms with Crippen molar-refractivity contribution in [3.63, 3.8) is 0 Å². The standard InChI is InChI=1S/C18H21N3O3/c22-17(11-13-4-5-15-16(10-13)24-12-19-15)20-6-8-21(9-7-20)18(23)14-2-1-3-14/h4-5,10,12,14H,1-3,6-9,11H2. The van der Waals surface area contributed by atoms with Gasteiger partial charge in [-0.1, -0.05) is 12.5 Å². The molecule has 6 heteroatoms. The number of rotatable bonds is 3. The molecule has 0 atom stereocenters. The van der Waals surface area contributed by atoms with Crippen molar-refractivity contribution in [2.75, 3.05) is 26.2 Å². The molecular formula is C18H21N3O3. The second kappa shape index (κ2) is 6.26. The van der Waals surface area contributed by atoms with Crippen LogP contribution in [0.25, 0.3) is 11.1 Å². The lowest BCUT2D eigenvalue weighted by Crippen LogP contribution is -2.52. The third-order valence-electron chi connectivity index (χ3n) is 5.15. The van der Waals surface area contributed by atoms with Crippen LogP contribution in [0.1, 0.15) is 24.8 Å². The number of amides is 2. The lowest BCUT2D eigenvalue weighted by molar-refractivity contribution is -0.143. The molecule has 0 radical (unpaired) electrons. The lowest BCUT2D eigenvalue weighted by atomic mass is 9.84. The van der Waals surface area contributed by atoms with Crippen molar-refractivity contribution in [1.82, 2.24) is 14.8 Å². The molecule has 6 nitrogen and oxygen atoms in total. The average Bonchev–Trinajstić information content (AvgIpc) is 3.01. The largest absolute Gasteiger partial charge is 0.443 e. The van der Waals surface area contributed by atoms with Crippen LogP contribution in [0.4, 0.5) is 0 Å². The van der Waals surface area contributed by atoms with E-state index in [1.54, 1.807) is 0 Å². The van der Waals surface area contributed by atoms with Crippen LogP contribution in [-0.2, 0) is 16.0 Å². The molecule has 1 saturated carbocycles. The van der Waals surface area contributed by atoms with Gasteiger partial charge in [0.15, 0.2) is 12.0 Å². The van der Waals surface area contributed by atoms with Crippen LogP contribution in [0.15, 0.2) is 29.0 Å². The number of aromatic nitrogens is 1. The Kier molecular flexibility index (Phi) is 3.96. The highest BCUT2D eigenvalue weighted by Gasteiger charge is 2.31. The maximum Gasteiger partial charge on any atom is 0.227 e. The first kappa shape index (κ1) is 15.2. The van der Waals surface area contributed by atoms with Gasteiger partial charge in [0.25, 0.3) is 0 Å². The molecule has 1 aromatic heterocycles. The summed E-state index contributed by atoms with van der Waals surface area (Å²) < 4.78 is 5.28. The summed E-state index contributed by atoms with van der Waals surface area (Å²) in [4.78, 5) is 32.6. The number of oxazole rings is 1. The van der Waals surface area contributed by atoms with E-state index in [1.165, 1.54) is 12.8 Å². The van der Waals surface area contributed by atoms with Crippen molar-refractivity contribution in [3.05, 3.63) is 30.2 Å². The maximum absolute atomic E-state index is 12.5. The molecule has 0 bridgehead atoms. The van der Waals surface area contributed by atoms with E-state index in [0.29, 0.717) is 38.2 Å². The Morgan fingerprint density at radius 2 is 1.88 bits per heavy atom. The Bertz CT molecular complexity index is 758. The van der Waals surface area contributed by atoms with Crippen LogP contribution in [0.3, 0.4) is 0 Å². The smallest absolute Gasteiger partial charge is 0.227 e. The monoisotopic (exact) mass is 327 g/mol. The van der Waals surface area contributed by atoms with Gasteiger partial charge < -0.3 is 14.2 Å². The first-order chi connectivity index (χ1) is 11.7. The Morgan fingerprint density at radius 1 is 1.12 bits per heavy atom. The van der Waals surface area contributed by atoms with Crippen LogP contribution in [-0.4, -0.2) is 52.8 Å². The summed E-state index contributed by atoms with van der Waals surface area (Å²) in [6.07, 6.45) is 5.00. The number of hydrogen-bond donors (Lipinski definition) is 0. The third kappa shape index (κ3) is 2.88. The van der Waals surface area contributed by atoms with Gasteiger partial charge in [-0.15, -0.1) is 0 Å². The quantitative estimate of drug-likeness (QED) is 0.863. The van der Waals surface area contributed by atoms with Gasteiger partial charge in [0, 0.05) is 32.1 Å². The molecular weight excluding hydrogens is 306 g/mol. The summed E-state index contributed by atoms with van der Waals surface area (Å²) >= 11 is 0. The minimum atomic E-state index is 0.101. The van der Waals surface area contributed by atoms with Gasteiger partial charge >= 0.3 is 0 Å². The SMILES string of the molecule is O=C(Cc1ccc2ncoc2c1)N1CCN(C(=O)C2CCC2)CC1. The van der Waals surface area contributed by atoms with E-state index in [9.17, 15) is 9.59 Å². The Labute approximate surface area is 140 Å². The van der Waals surface area contributed by atoms with Crippen molar-refractivity contribution < 1.29 is 14.0 Å². The number of fused-ring (bicyclic) bond motifs is 1. The van der Waals surface area contributed by atoms with Crippen LogP contribution in [0.2, 0.25) is 0 Å². The van der Waals surface area contributed by atoms with Crippen LogP contribution in [0, 0.1) is 5.92 Å². The number of piperazine rings is 1. The molecule has 1 aromatic carbocycles. The predicted octanol–water partition coefficient (Wildman–Crippen LogP) is 1.84. The summed E-state index contributed by atoms with van der Waals surface area (Å²) in [7, 11) is 0. The molecule has 2 amide bonds. The minimum Gasteiger partial charge on any atom is -0.443 e. The van der Waals surface area contributed by atoms with E-state index >= 15 is 0 Å². The molecule has 0 N–H and O–H groups in total. The number of hydrogen-bond acceptors (Lipinski definition) is 4. The highest BCUT2D eigenvalue weighted by atomic mass is 16.3. The summed E-state index contributed by atoms with van der Waals surface area (Å²) in [6.45, 7) is 2.56. The molecule has 4 rings (SSSR count). The van der Waals surface area contributed by atoms with Gasteiger partial charge in [-0.05, 0) is 30.5 Å². The molecule has 2 fully saturated rings. The van der Waals surface area contributed by atoms with Crippen LogP contribution >= 0.6 is 0 Å². The normalized spacial score (nSPS) is 18.7. The fraction of sp³-hybridized carbons (Fsp3) is 0.500. The van der Waals surface area contributed by atoms with Crippen molar-refractivity contribution in [2.45, 2.75) is 25.7 Å². The van der Waals surface area contributed by atoms with Gasteiger partial charge in [-0.3, -0.25) is 9.59 Å². The molecule has 0 unspecified atom stereocenters. The zero-order valence-corrected chi connectivity index (χ0v) is 13.6. The summed E-state index contributed by atoms with van der Waals surface area (Å²) in [5, 5.41) is 0. The molecule has 2 aliphatic rings. The predicted molar refractivity (Wildman–Crippen MR) is 88.2 cm³/mol. The number of nitrogens with zero attached hydrogens (tertiary/aromatic N) is 3. The number of carbonyl (C=O) groups is 2. The van der Waals surface area contributed by atoms with Gasteiger partial charge in [0.05, 0.1) is 6.42 Å². The summed E-state index contributed by atoms with van der Waals surface area (Å²) in [6, 6.07) is 5.66. The topological polar surface area (TPSA) is 66.7 Å². The zero-order chi connectivity index (χ0) is 16.5. The van der Waals surface area contributed by atoms with Gasteiger partial charge in [0.1, 0.15) is 5.52 Å². The minimum absolute atomic E-state index is 0.101. The van der Waals surface area contributed by atoms with Crippen molar-refractivity contribution in [3.8, 4) is 0 Å².